The Labute approximate surface area is 157 Å². The SMILES string of the molecule is O=C(Nc1ccccc1Sc1ccccc1)[C@@H]1[C@H]2CC[C@@H](C2)[C@@H]1C(=O)O. The molecule has 0 aliphatic heterocycles. The standard InChI is InChI=1S/C21H21NO3S/c23-20(18-13-10-11-14(12-13)19(18)21(24)25)22-16-8-4-5-9-17(16)26-15-6-2-1-3-7-15/h1-9,13-14,18-19H,10-12H2,(H,22,23)(H,24,25)/t13-,14-,18+,19-/m0/s1. The summed E-state index contributed by atoms with van der Waals surface area (Å²) in [6, 6.07) is 17.7. The minimum absolute atomic E-state index is 0.147. The molecule has 1 amide bonds. The summed E-state index contributed by atoms with van der Waals surface area (Å²) >= 11 is 1.59. The van der Waals surface area contributed by atoms with Crippen LogP contribution in [0.2, 0.25) is 0 Å². The van der Waals surface area contributed by atoms with Gasteiger partial charge in [0.1, 0.15) is 0 Å². The minimum Gasteiger partial charge on any atom is -0.481 e. The van der Waals surface area contributed by atoms with Gasteiger partial charge in [-0.25, -0.2) is 0 Å². The van der Waals surface area contributed by atoms with E-state index in [1.165, 1.54) is 0 Å². The predicted molar refractivity (Wildman–Crippen MR) is 101 cm³/mol. The number of para-hydroxylation sites is 1. The lowest BCUT2D eigenvalue weighted by molar-refractivity contribution is -0.148. The zero-order valence-electron chi connectivity index (χ0n) is 14.3. The van der Waals surface area contributed by atoms with Crippen LogP contribution >= 0.6 is 11.8 Å². The van der Waals surface area contributed by atoms with Crippen LogP contribution in [0.25, 0.3) is 0 Å². The highest BCUT2D eigenvalue weighted by Gasteiger charge is 2.54. The monoisotopic (exact) mass is 367 g/mol. The highest BCUT2D eigenvalue weighted by molar-refractivity contribution is 7.99. The van der Waals surface area contributed by atoms with Crippen molar-refractivity contribution < 1.29 is 14.7 Å². The van der Waals surface area contributed by atoms with Gasteiger partial charge in [0.2, 0.25) is 5.91 Å². The van der Waals surface area contributed by atoms with E-state index in [1.807, 2.05) is 54.6 Å². The molecule has 134 valence electrons. The third-order valence-corrected chi connectivity index (χ3v) is 6.70. The van der Waals surface area contributed by atoms with E-state index >= 15 is 0 Å². The van der Waals surface area contributed by atoms with E-state index < -0.39 is 17.8 Å². The lowest BCUT2D eigenvalue weighted by atomic mass is 9.78. The van der Waals surface area contributed by atoms with Crippen molar-refractivity contribution in [3.8, 4) is 0 Å². The quantitative estimate of drug-likeness (QED) is 0.815. The lowest BCUT2D eigenvalue weighted by Crippen LogP contribution is -2.37. The zero-order valence-corrected chi connectivity index (χ0v) is 15.1. The molecule has 26 heavy (non-hydrogen) atoms. The number of anilines is 1. The van der Waals surface area contributed by atoms with Crippen molar-refractivity contribution in [2.24, 2.45) is 23.7 Å². The van der Waals surface area contributed by atoms with Crippen LogP contribution in [0, 0.1) is 23.7 Å². The Morgan fingerprint density at radius 2 is 1.58 bits per heavy atom. The molecule has 5 heteroatoms. The second-order valence-electron chi connectivity index (χ2n) is 7.12. The summed E-state index contributed by atoms with van der Waals surface area (Å²) in [5.74, 6) is -1.57. The number of carbonyl (C=O) groups excluding carboxylic acids is 1. The van der Waals surface area contributed by atoms with Crippen molar-refractivity contribution in [3.05, 3.63) is 54.6 Å². The van der Waals surface area contributed by atoms with Gasteiger partial charge in [-0.3, -0.25) is 9.59 Å². The summed E-state index contributed by atoms with van der Waals surface area (Å²) in [6.07, 6.45) is 2.77. The Morgan fingerprint density at radius 3 is 2.31 bits per heavy atom. The Morgan fingerprint density at radius 1 is 0.923 bits per heavy atom. The summed E-state index contributed by atoms with van der Waals surface area (Å²) in [6.45, 7) is 0. The summed E-state index contributed by atoms with van der Waals surface area (Å²) in [5.41, 5.74) is 0.748. The molecule has 4 atom stereocenters. The minimum atomic E-state index is -0.829. The van der Waals surface area contributed by atoms with Crippen LogP contribution in [0.4, 0.5) is 5.69 Å². The van der Waals surface area contributed by atoms with Crippen LogP contribution in [-0.2, 0) is 9.59 Å². The molecule has 0 aromatic heterocycles. The van der Waals surface area contributed by atoms with Gasteiger partial charge in [0.25, 0.3) is 0 Å². The van der Waals surface area contributed by atoms with Crippen molar-refractivity contribution >= 4 is 29.3 Å². The molecule has 0 saturated heterocycles. The van der Waals surface area contributed by atoms with Crippen LogP contribution in [0.1, 0.15) is 19.3 Å². The first-order valence-electron chi connectivity index (χ1n) is 8.99. The van der Waals surface area contributed by atoms with E-state index in [1.54, 1.807) is 11.8 Å². The molecule has 0 spiro atoms. The van der Waals surface area contributed by atoms with E-state index in [4.69, 9.17) is 0 Å². The molecule has 4 rings (SSSR count). The Balaban J connectivity index is 1.54. The first-order valence-corrected chi connectivity index (χ1v) is 9.80. The molecule has 2 aromatic rings. The number of nitrogens with one attached hydrogen (secondary N) is 1. The fourth-order valence-corrected chi connectivity index (χ4v) is 5.44. The number of hydrogen-bond acceptors (Lipinski definition) is 3. The number of fused-ring (bicyclic) bond motifs is 2. The average molecular weight is 367 g/mol. The number of carbonyl (C=O) groups is 2. The van der Waals surface area contributed by atoms with Crippen molar-refractivity contribution in [1.82, 2.24) is 0 Å². The Hall–Kier alpha value is -2.27. The first kappa shape index (κ1) is 17.2. The Kier molecular flexibility index (Phi) is 4.72. The van der Waals surface area contributed by atoms with Gasteiger partial charge in [-0.2, -0.15) is 0 Å². The van der Waals surface area contributed by atoms with Crippen LogP contribution in [0.3, 0.4) is 0 Å². The first-order chi connectivity index (χ1) is 12.6. The van der Waals surface area contributed by atoms with Crippen molar-refractivity contribution in [2.75, 3.05) is 5.32 Å². The molecule has 2 aliphatic carbocycles. The highest BCUT2D eigenvalue weighted by Crippen LogP contribution is 2.52. The van der Waals surface area contributed by atoms with E-state index in [-0.39, 0.29) is 17.7 Å². The van der Waals surface area contributed by atoms with E-state index in [0.29, 0.717) is 0 Å². The number of aliphatic carboxylic acids is 1. The summed E-state index contributed by atoms with van der Waals surface area (Å²) in [7, 11) is 0. The number of carboxylic acid groups (broad SMARTS) is 1. The normalized spacial score (nSPS) is 26.6. The molecule has 2 aromatic carbocycles. The fourth-order valence-electron chi connectivity index (χ4n) is 4.51. The molecule has 4 nitrogen and oxygen atoms in total. The maximum Gasteiger partial charge on any atom is 0.307 e. The van der Waals surface area contributed by atoms with Gasteiger partial charge in [-0.15, -0.1) is 0 Å². The molecular weight excluding hydrogens is 346 g/mol. The van der Waals surface area contributed by atoms with Crippen molar-refractivity contribution in [2.45, 2.75) is 29.1 Å². The highest BCUT2D eigenvalue weighted by atomic mass is 32.2. The third kappa shape index (κ3) is 3.23. The van der Waals surface area contributed by atoms with E-state index in [0.717, 1.165) is 34.7 Å². The lowest BCUT2D eigenvalue weighted by Gasteiger charge is -2.27. The van der Waals surface area contributed by atoms with E-state index in [9.17, 15) is 14.7 Å². The Bertz CT molecular complexity index is 823. The topological polar surface area (TPSA) is 66.4 Å². The molecule has 0 radical (unpaired) electrons. The van der Waals surface area contributed by atoms with Crippen molar-refractivity contribution in [3.63, 3.8) is 0 Å². The average Bonchev–Trinajstić information content (AvgIpc) is 3.25. The van der Waals surface area contributed by atoms with Gasteiger partial charge < -0.3 is 10.4 Å². The molecule has 0 heterocycles. The van der Waals surface area contributed by atoms with Gasteiger partial charge in [0, 0.05) is 9.79 Å². The molecule has 0 unspecified atom stereocenters. The summed E-state index contributed by atoms with van der Waals surface area (Å²) < 4.78 is 0. The van der Waals surface area contributed by atoms with Gasteiger partial charge in [-0.1, -0.05) is 42.1 Å². The molecule has 2 bridgehead atoms. The molecular formula is C21H21NO3S. The number of carboxylic acids is 1. The largest absolute Gasteiger partial charge is 0.481 e. The maximum absolute atomic E-state index is 12.9. The van der Waals surface area contributed by atoms with Gasteiger partial charge in [0.05, 0.1) is 17.5 Å². The number of rotatable bonds is 5. The third-order valence-electron chi connectivity index (χ3n) is 5.62. The number of benzene rings is 2. The van der Waals surface area contributed by atoms with Crippen LogP contribution in [-0.4, -0.2) is 17.0 Å². The maximum atomic E-state index is 12.9. The zero-order chi connectivity index (χ0) is 18.1. The predicted octanol–water partition coefficient (Wildman–Crippen LogP) is 4.52. The smallest absolute Gasteiger partial charge is 0.307 e. The van der Waals surface area contributed by atoms with Gasteiger partial charge in [0.15, 0.2) is 0 Å². The van der Waals surface area contributed by atoms with Gasteiger partial charge in [-0.05, 0) is 55.4 Å². The molecule has 2 fully saturated rings. The molecule has 2 saturated carbocycles. The van der Waals surface area contributed by atoms with E-state index in [2.05, 4.69) is 5.32 Å². The van der Waals surface area contributed by atoms with Crippen LogP contribution < -0.4 is 5.32 Å². The van der Waals surface area contributed by atoms with Crippen LogP contribution in [0.5, 0.6) is 0 Å². The van der Waals surface area contributed by atoms with Crippen molar-refractivity contribution in [1.29, 1.82) is 0 Å². The number of hydrogen-bond donors (Lipinski definition) is 2. The number of amides is 1. The summed E-state index contributed by atoms with van der Waals surface area (Å²) in [4.78, 5) is 26.7. The molecule has 2 N–H and O–H groups in total. The van der Waals surface area contributed by atoms with Crippen LogP contribution in [0.15, 0.2) is 64.4 Å². The fraction of sp³-hybridized carbons (Fsp3) is 0.333. The van der Waals surface area contributed by atoms with Gasteiger partial charge >= 0.3 is 5.97 Å². The summed E-state index contributed by atoms with van der Waals surface area (Å²) in [5, 5.41) is 12.6. The molecule has 2 aliphatic rings. The second-order valence-corrected chi connectivity index (χ2v) is 8.24. The second kappa shape index (κ2) is 7.16.